The Kier molecular flexibility index (Phi) is 6.68. The molecule has 0 aromatic carbocycles. The van der Waals surface area contributed by atoms with E-state index < -0.39 is 0 Å². The number of hydrogen-bond acceptors (Lipinski definition) is 3. The second kappa shape index (κ2) is 8.03. The molecule has 0 saturated heterocycles. The Bertz CT molecular complexity index is 361. The third-order valence-corrected chi connectivity index (χ3v) is 3.35. The van der Waals surface area contributed by atoms with Crippen LogP contribution in [0.15, 0.2) is 18.3 Å². The normalized spacial score (nSPS) is 11.4. The van der Waals surface area contributed by atoms with Gasteiger partial charge in [-0.1, -0.05) is 40.0 Å². The highest BCUT2D eigenvalue weighted by Gasteiger charge is 2.16. The second-order valence-corrected chi connectivity index (χ2v) is 5.93. The van der Waals surface area contributed by atoms with Crippen molar-refractivity contribution in [3.8, 4) is 0 Å². The van der Waals surface area contributed by atoms with Crippen LogP contribution in [0.3, 0.4) is 0 Å². The van der Waals surface area contributed by atoms with Crippen LogP contribution in [-0.4, -0.2) is 18.1 Å². The molecule has 0 aliphatic heterocycles. The number of rotatable bonds is 9. The lowest BCUT2D eigenvalue weighted by atomic mass is 9.87. The van der Waals surface area contributed by atoms with E-state index in [-0.39, 0.29) is 0 Å². The SMILES string of the molecule is CCCCCC(C)(C)CNc1ccnc(NCC)c1. The molecule has 1 aromatic heterocycles. The minimum absolute atomic E-state index is 0.344. The maximum Gasteiger partial charge on any atom is 0.127 e. The molecule has 0 atom stereocenters. The molecule has 0 bridgehead atoms. The highest BCUT2D eigenvalue weighted by atomic mass is 15.0. The van der Waals surface area contributed by atoms with Gasteiger partial charge in [0.25, 0.3) is 0 Å². The fourth-order valence-corrected chi connectivity index (χ4v) is 2.10. The fraction of sp³-hybridized carbons (Fsp3) is 0.688. The van der Waals surface area contributed by atoms with Crippen molar-refractivity contribution in [2.24, 2.45) is 5.41 Å². The maximum absolute atomic E-state index is 4.28. The zero-order valence-corrected chi connectivity index (χ0v) is 12.9. The number of nitrogens with zero attached hydrogens (tertiary/aromatic N) is 1. The third kappa shape index (κ3) is 6.46. The van der Waals surface area contributed by atoms with Crippen molar-refractivity contribution in [3.05, 3.63) is 18.3 Å². The molecule has 3 heteroatoms. The lowest BCUT2D eigenvalue weighted by molar-refractivity contribution is 0.342. The molecule has 0 fully saturated rings. The zero-order valence-electron chi connectivity index (χ0n) is 12.9. The molecule has 1 rings (SSSR count). The number of pyridine rings is 1. The largest absolute Gasteiger partial charge is 0.384 e. The van der Waals surface area contributed by atoms with Crippen LogP contribution in [0.4, 0.5) is 11.5 Å². The van der Waals surface area contributed by atoms with Crippen molar-refractivity contribution >= 4 is 11.5 Å². The predicted octanol–water partition coefficient (Wildman–Crippen LogP) is 4.53. The summed E-state index contributed by atoms with van der Waals surface area (Å²) >= 11 is 0. The quantitative estimate of drug-likeness (QED) is 0.643. The number of unbranched alkanes of at least 4 members (excludes halogenated alkanes) is 2. The van der Waals surface area contributed by atoms with E-state index in [1.54, 1.807) is 0 Å². The monoisotopic (exact) mass is 263 g/mol. The summed E-state index contributed by atoms with van der Waals surface area (Å²) in [6.45, 7) is 10.9. The van der Waals surface area contributed by atoms with Crippen molar-refractivity contribution < 1.29 is 0 Å². The van der Waals surface area contributed by atoms with Gasteiger partial charge in [-0.05, 0) is 24.8 Å². The Morgan fingerprint density at radius 3 is 2.63 bits per heavy atom. The van der Waals surface area contributed by atoms with Crippen LogP contribution in [0.2, 0.25) is 0 Å². The van der Waals surface area contributed by atoms with E-state index in [1.807, 2.05) is 12.3 Å². The van der Waals surface area contributed by atoms with Crippen LogP contribution in [0.5, 0.6) is 0 Å². The van der Waals surface area contributed by atoms with E-state index >= 15 is 0 Å². The molecule has 19 heavy (non-hydrogen) atoms. The van der Waals surface area contributed by atoms with Gasteiger partial charge in [-0.25, -0.2) is 4.98 Å². The molecule has 0 spiro atoms. The summed E-state index contributed by atoms with van der Waals surface area (Å²) in [7, 11) is 0. The van der Waals surface area contributed by atoms with E-state index in [2.05, 4.69) is 49.4 Å². The minimum atomic E-state index is 0.344. The first kappa shape index (κ1) is 15.8. The van der Waals surface area contributed by atoms with Crippen LogP contribution >= 0.6 is 0 Å². The van der Waals surface area contributed by atoms with Crippen molar-refractivity contribution in [2.75, 3.05) is 23.7 Å². The highest BCUT2D eigenvalue weighted by Crippen LogP contribution is 2.24. The van der Waals surface area contributed by atoms with Gasteiger partial charge in [-0.2, -0.15) is 0 Å². The second-order valence-electron chi connectivity index (χ2n) is 5.93. The Balaban J connectivity index is 2.44. The Hall–Kier alpha value is -1.25. The van der Waals surface area contributed by atoms with Gasteiger partial charge in [-0.15, -0.1) is 0 Å². The summed E-state index contributed by atoms with van der Waals surface area (Å²) in [6.07, 6.45) is 7.08. The molecular weight excluding hydrogens is 234 g/mol. The molecular formula is C16H29N3. The van der Waals surface area contributed by atoms with E-state index in [9.17, 15) is 0 Å². The molecule has 0 aliphatic carbocycles. The first-order valence-corrected chi connectivity index (χ1v) is 7.51. The maximum atomic E-state index is 4.28. The van der Waals surface area contributed by atoms with Gasteiger partial charge in [0.05, 0.1) is 0 Å². The van der Waals surface area contributed by atoms with Crippen molar-refractivity contribution in [2.45, 2.75) is 53.4 Å². The molecule has 0 aliphatic rings. The molecule has 2 N–H and O–H groups in total. The number of anilines is 2. The van der Waals surface area contributed by atoms with Crippen molar-refractivity contribution in [3.63, 3.8) is 0 Å². The molecule has 1 heterocycles. The first-order valence-electron chi connectivity index (χ1n) is 7.51. The summed E-state index contributed by atoms with van der Waals surface area (Å²) in [4.78, 5) is 4.28. The summed E-state index contributed by atoms with van der Waals surface area (Å²) in [5, 5.41) is 6.77. The Morgan fingerprint density at radius 2 is 1.95 bits per heavy atom. The highest BCUT2D eigenvalue weighted by molar-refractivity contribution is 5.51. The van der Waals surface area contributed by atoms with E-state index in [1.165, 1.54) is 25.7 Å². The van der Waals surface area contributed by atoms with Crippen LogP contribution in [0, 0.1) is 5.41 Å². The number of nitrogens with one attached hydrogen (secondary N) is 2. The first-order chi connectivity index (χ1) is 9.07. The Labute approximate surface area is 118 Å². The van der Waals surface area contributed by atoms with Crippen LogP contribution in [0.25, 0.3) is 0 Å². The average molecular weight is 263 g/mol. The number of hydrogen-bond donors (Lipinski definition) is 2. The molecule has 0 unspecified atom stereocenters. The van der Waals surface area contributed by atoms with Crippen LogP contribution in [0.1, 0.15) is 53.4 Å². The van der Waals surface area contributed by atoms with Crippen molar-refractivity contribution in [1.29, 1.82) is 0 Å². The van der Waals surface area contributed by atoms with Crippen LogP contribution < -0.4 is 10.6 Å². The molecule has 0 saturated carbocycles. The summed E-state index contributed by atoms with van der Waals surface area (Å²) in [5.74, 6) is 0.941. The lowest BCUT2D eigenvalue weighted by Crippen LogP contribution is -2.23. The smallest absolute Gasteiger partial charge is 0.127 e. The zero-order chi connectivity index (χ0) is 14.1. The molecule has 1 aromatic rings. The molecule has 108 valence electrons. The van der Waals surface area contributed by atoms with Crippen molar-refractivity contribution in [1.82, 2.24) is 4.98 Å². The summed E-state index contributed by atoms with van der Waals surface area (Å²) in [6, 6.07) is 4.11. The summed E-state index contributed by atoms with van der Waals surface area (Å²) in [5.41, 5.74) is 1.49. The lowest BCUT2D eigenvalue weighted by Gasteiger charge is -2.25. The number of aromatic nitrogens is 1. The minimum Gasteiger partial charge on any atom is -0.384 e. The van der Waals surface area contributed by atoms with E-state index in [4.69, 9.17) is 0 Å². The topological polar surface area (TPSA) is 37.0 Å². The average Bonchev–Trinajstić information content (AvgIpc) is 2.38. The Morgan fingerprint density at radius 1 is 1.16 bits per heavy atom. The standard InChI is InChI=1S/C16H29N3/c1-5-7-8-10-16(3,4)13-19-14-9-11-18-15(12-14)17-6-2/h9,11-12H,5-8,10,13H2,1-4H3,(H2,17,18,19). The third-order valence-electron chi connectivity index (χ3n) is 3.35. The molecule has 0 radical (unpaired) electrons. The van der Waals surface area contributed by atoms with Gasteiger partial charge in [0.2, 0.25) is 0 Å². The molecule has 0 amide bonds. The van der Waals surface area contributed by atoms with Gasteiger partial charge in [0, 0.05) is 31.0 Å². The van der Waals surface area contributed by atoms with Gasteiger partial charge in [0.1, 0.15) is 5.82 Å². The fourth-order valence-electron chi connectivity index (χ4n) is 2.10. The summed E-state index contributed by atoms with van der Waals surface area (Å²) < 4.78 is 0. The predicted molar refractivity (Wildman–Crippen MR) is 84.8 cm³/mol. The molecule has 3 nitrogen and oxygen atoms in total. The van der Waals surface area contributed by atoms with Gasteiger partial charge >= 0.3 is 0 Å². The van der Waals surface area contributed by atoms with Crippen LogP contribution in [-0.2, 0) is 0 Å². The van der Waals surface area contributed by atoms with E-state index in [0.29, 0.717) is 5.41 Å². The van der Waals surface area contributed by atoms with Gasteiger partial charge in [0.15, 0.2) is 0 Å². The van der Waals surface area contributed by atoms with Gasteiger partial charge in [-0.3, -0.25) is 0 Å². The van der Waals surface area contributed by atoms with Gasteiger partial charge < -0.3 is 10.6 Å². The van der Waals surface area contributed by atoms with E-state index in [0.717, 1.165) is 24.6 Å².